The van der Waals surface area contributed by atoms with E-state index in [2.05, 4.69) is 5.32 Å². The Hall–Kier alpha value is -0.380. The summed E-state index contributed by atoms with van der Waals surface area (Å²) in [5.74, 6) is -0.308. The van der Waals surface area contributed by atoms with Crippen molar-refractivity contribution in [1.29, 1.82) is 0 Å². The Morgan fingerprint density at radius 2 is 1.71 bits per heavy atom. The molecule has 5 nitrogen and oxygen atoms in total. The van der Waals surface area contributed by atoms with Crippen LogP contribution in [0.1, 0.15) is 20.8 Å². The number of nitrogens with one attached hydrogen (secondary N) is 1. The molecule has 0 bridgehead atoms. The van der Waals surface area contributed by atoms with Crippen LogP contribution in [0.15, 0.2) is 0 Å². The zero-order valence-corrected chi connectivity index (χ0v) is 9.80. The van der Waals surface area contributed by atoms with Crippen LogP contribution in [0.4, 0.5) is 0 Å². The van der Waals surface area contributed by atoms with E-state index < -0.39 is 7.60 Å². The van der Waals surface area contributed by atoms with Gasteiger partial charge in [0.2, 0.25) is 5.91 Å². The lowest BCUT2D eigenvalue weighted by molar-refractivity contribution is -0.118. The third-order valence-electron chi connectivity index (χ3n) is 1.36. The maximum absolute atomic E-state index is 11.8. The van der Waals surface area contributed by atoms with Gasteiger partial charge in [-0.1, -0.05) is 0 Å². The number of carbonyl (C=O) groups excluding carboxylic acids is 1. The fourth-order valence-electron chi connectivity index (χ4n) is 0.951. The molecule has 84 valence electrons. The summed E-state index contributed by atoms with van der Waals surface area (Å²) in [4.78, 5) is 11.2. The molecule has 0 unspecified atom stereocenters. The Morgan fingerprint density at radius 3 is 2.07 bits per heavy atom. The maximum atomic E-state index is 11.8. The lowest BCUT2D eigenvalue weighted by Crippen LogP contribution is -2.26. The standard InChI is InChI=1S/C8H18NO4P/c1-4-9-8(10)7-14(11,12-5-2)13-6-3/h4-7H2,1-3H3,(H,9,10). The van der Waals surface area contributed by atoms with Crippen LogP contribution in [0.25, 0.3) is 0 Å². The molecular weight excluding hydrogens is 205 g/mol. The Balaban J connectivity index is 4.21. The summed E-state index contributed by atoms with van der Waals surface area (Å²) in [5, 5.41) is 2.55. The zero-order valence-electron chi connectivity index (χ0n) is 8.91. The molecule has 0 atom stereocenters. The van der Waals surface area contributed by atoms with Gasteiger partial charge in [-0.15, -0.1) is 0 Å². The molecule has 0 aromatic rings. The Morgan fingerprint density at radius 1 is 1.21 bits per heavy atom. The van der Waals surface area contributed by atoms with E-state index in [0.29, 0.717) is 6.54 Å². The van der Waals surface area contributed by atoms with Crippen molar-refractivity contribution in [2.75, 3.05) is 25.9 Å². The molecule has 0 saturated heterocycles. The van der Waals surface area contributed by atoms with Gasteiger partial charge < -0.3 is 14.4 Å². The second-order valence-electron chi connectivity index (χ2n) is 2.56. The third kappa shape index (κ3) is 5.37. The van der Waals surface area contributed by atoms with Crippen LogP contribution in [0, 0.1) is 0 Å². The Bertz CT molecular complexity index is 209. The van der Waals surface area contributed by atoms with Crippen molar-refractivity contribution in [1.82, 2.24) is 5.32 Å². The topological polar surface area (TPSA) is 64.6 Å². The van der Waals surface area contributed by atoms with E-state index in [-0.39, 0.29) is 25.3 Å². The molecule has 0 rings (SSSR count). The molecule has 6 heteroatoms. The van der Waals surface area contributed by atoms with Crippen LogP contribution >= 0.6 is 7.60 Å². The summed E-state index contributed by atoms with van der Waals surface area (Å²) in [6, 6.07) is 0. The smallest absolute Gasteiger partial charge is 0.340 e. The molecule has 0 aliphatic rings. The summed E-state index contributed by atoms with van der Waals surface area (Å²) in [6.45, 7) is 6.28. The summed E-state index contributed by atoms with van der Waals surface area (Å²) < 4.78 is 21.7. The monoisotopic (exact) mass is 223 g/mol. The zero-order chi connectivity index (χ0) is 11.0. The molecule has 1 N–H and O–H groups in total. The Labute approximate surface area is 84.7 Å². The van der Waals surface area contributed by atoms with Crippen LogP contribution in [-0.4, -0.2) is 31.8 Å². The molecule has 0 heterocycles. The van der Waals surface area contributed by atoms with E-state index in [1.807, 2.05) is 0 Å². The van der Waals surface area contributed by atoms with Gasteiger partial charge in [0, 0.05) is 6.54 Å². The molecule has 14 heavy (non-hydrogen) atoms. The Kier molecular flexibility index (Phi) is 6.79. The van der Waals surface area contributed by atoms with Gasteiger partial charge >= 0.3 is 7.60 Å². The second-order valence-corrected chi connectivity index (χ2v) is 4.61. The minimum absolute atomic E-state index is 0.206. The predicted octanol–water partition coefficient (Wildman–Crippen LogP) is 1.39. The van der Waals surface area contributed by atoms with Crippen LogP contribution in [0.2, 0.25) is 0 Å². The fourth-order valence-corrected chi connectivity index (χ4v) is 2.46. The quantitative estimate of drug-likeness (QED) is 0.662. The van der Waals surface area contributed by atoms with Crippen molar-refractivity contribution in [3.8, 4) is 0 Å². The fraction of sp³-hybridized carbons (Fsp3) is 0.875. The highest BCUT2D eigenvalue weighted by atomic mass is 31.2. The number of hydrogen-bond donors (Lipinski definition) is 1. The predicted molar refractivity (Wildman–Crippen MR) is 54.4 cm³/mol. The molecule has 0 aliphatic heterocycles. The summed E-state index contributed by atoms with van der Waals surface area (Å²) in [7, 11) is -3.22. The summed E-state index contributed by atoms with van der Waals surface area (Å²) >= 11 is 0. The number of hydrogen-bond acceptors (Lipinski definition) is 4. The summed E-state index contributed by atoms with van der Waals surface area (Å²) in [6.07, 6.45) is -0.206. The molecule has 0 aromatic heterocycles. The van der Waals surface area contributed by atoms with Gasteiger partial charge in [0.1, 0.15) is 6.16 Å². The average molecular weight is 223 g/mol. The first-order valence-corrected chi connectivity index (χ1v) is 6.45. The highest BCUT2D eigenvalue weighted by molar-refractivity contribution is 7.54. The molecule has 1 amide bonds. The van der Waals surface area contributed by atoms with Crippen LogP contribution in [0.3, 0.4) is 0 Å². The normalized spacial score (nSPS) is 11.4. The van der Waals surface area contributed by atoms with Gasteiger partial charge in [-0.3, -0.25) is 9.36 Å². The first-order valence-electron chi connectivity index (χ1n) is 4.72. The van der Waals surface area contributed by atoms with E-state index in [9.17, 15) is 9.36 Å². The summed E-state index contributed by atoms with van der Waals surface area (Å²) in [5.41, 5.74) is 0. The van der Waals surface area contributed by atoms with Gasteiger partial charge in [-0.05, 0) is 20.8 Å². The van der Waals surface area contributed by atoms with Gasteiger partial charge in [-0.25, -0.2) is 0 Å². The van der Waals surface area contributed by atoms with Crippen LogP contribution in [-0.2, 0) is 18.4 Å². The first-order chi connectivity index (χ1) is 6.58. The largest absolute Gasteiger partial charge is 0.356 e. The van der Waals surface area contributed by atoms with Gasteiger partial charge in [0.15, 0.2) is 0 Å². The number of rotatable bonds is 7. The van der Waals surface area contributed by atoms with Crippen LogP contribution in [0.5, 0.6) is 0 Å². The van der Waals surface area contributed by atoms with E-state index in [1.165, 1.54) is 0 Å². The molecular formula is C8H18NO4P. The average Bonchev–Trinajstić information content (AvgIpc) is 2.04. The van der Waals surface area contributed by atoms with E-state index in [1.54, 1.807) is 20.8 Å². The van der Waals surface area contributed by atoms with Crippen molar-refractivity contribution >= 4 is 13.5 Å². The molecule has 0 fully saturated rings. The third-order valence-corrected chi connectivity index (χ3v) is 3.34. The minimum Gasteiger partial charge on any atom is -0.356 e. The lowest BCUT2D eigenvalue weighted by atomic mass is 10.6. The van der Waals surface area contributed by atoms with Crippen molar-refractivity contribution in [2.24, 2.45) is 0 Å². The maximum Gasteiger partial charge on any atom is 0.340 e. The molecule has 0 aliphatic carbocycles. The highest BCUT2D eigenvalue weighted by Crippen LogP contribution is 2.47. The number of carbonyl (C=O) groups is 1. The molecule has 0 aromatic carbocycles. The first kappa shape index (κ1) is 13.6. The lowest BCUT2D eigenvalue weighted by Gasteiger charge is -2.15. The SMILES string of the molecule is CCNC(=O)CP(=O)(OCC)OCC. The molecule has 0 saturated carbocycles. The van der Waals surface area contributed by atoms with Crippen molar-refractivity contribution in [3.05, 3.63) is 0 Å². The van der Waals surface area contributed by atoms with E-state index in [4.69, 9.17) is 9.05 Å². The van der Waals surface area contributed by atoms with Crippen molar-refractivity contribution in [3.63, 3.8) is 0 Å². The van der Waals surface area contributed by atoms with Crippen molar-refractivity contribution < 1.29 is 18.4 Å². The second kappa shape index (κ2) is 6.98. The van der Waals surface area contributed by atoms with Gasteiger partial charge in [-0.2, -0.15) is 0 Å². The molecule has 0 radical (unpaired) electrons. The highest BCUT2D eigenvalue weighted by Gasteiger charge is 2.26. The number of amides is 1. The van der Waals surface area contributed by atoms with E-state index >= 15 is 0 Å². The minimum atomic E-state index is -3.22. The van der Waals surface area contributed by atoms with Gasteiger partial charge in [0.05, 0.1) is 13.2 Å². The van der Waals surface area contributed by atoms with Crippen molar-refractivity contribution in [2.45, 2.75) is 20.8 Å². The van der Waals surface area contributed by atoms with Gasteiger partial charge in [0.25, 0.3) is 0 Å². The van der Waals surface area contributed by atoms with E-state index in [0.717, 1.165) is 0 Å². The van der Waals surface area contributed by atoms with Crippen LogP contribution < -0.4 is 5.32 Å². The molecule has 0 spiro atoms.